The number of rotatable bonds is 4. The summed E-state index contributed by atoms with van der Waals surface area (Å²) in [4.78, 5) is 12.1. The van der Waals surface area contributed by atoms with Crippen molar-refractivity contribution in [3.05, 3.63) is 30.3 Å². The van der Waals surface area contributed by atoms with Gasteiger partial charge in [-0.3, -0.25) is 0 Å². The third kappa shape index (κ3) is 5.32. The predicted molar refractivity (Wildman–Crippen MR) is 59.9 cm³/mol. The highest BCUT2D eigenvalue weighted by Gasteiger charge is 2.05. The second kappa shape index (κ2) is 6.35. The maximum atomic E-state index is 11.0. The highest BCUT2D eigenvalue weighted by atomic mass is 32.2. The number of ether oxygens (including phenoxy) is 2. The van der Waals surface area contributed by atoms with Crippen LogP contribution < -0.4 is 0 Å². The molecular weight excluding hydrogens is 212 g/mol. The van der Waals surface area contributed by atoms with Gasteiger partial charge in [0, 0.05) is 4.90 Å². The van der Waals surface area contributed by atoms with Gasteiger partial charge in [0.15, 0.2) is 0 Å². The Morgan fingerprint density at radius 3 is 2.60 bits per heavy atom. The Bertz CT molecular complexity index is 298. The first-order chi connectivity index (χ1) is 7.18. The van der Waals surface area contributed by atoms with Crippen molar-refractivity contribution in [2.24, 2.45) is 0 Å². The number of carbonyl (C=O) groups is 1. The Morgan fingerprint density at radius 2 is 2.00 bits per heavy atom. The summed E-state index contributed by atoms with van der Waals surface area (Å²) in [6.45, 7) is 3.57. The minimum absolute atomic E-state index is 0.140. The molecule has 1 aromatic carbocycles. The maximum Gasteiger partial charge on any atom is 0.509 e. The smallest absolute Gasteiger partial charge is 0.432 e. The molecule has 0 amide bonds. The van der Waals surface area contributed by atoms with E-state index in [1.54, 1.807) is 13.8 Å². The Hall–Kier alpha value is -1.16. The first-order valence-corrected chi connectivity index (χ1v) is 5.68. The van der Waals surface area contributed by atoms with Gasteiger partial charge in [0.1, 0.15) is 5.94 Å². The topological polar surface area (TPSA) is 35.5 Å². The molecule has 0 aliphatic heterocycles. The average Bonchev–Trinajstić information content (AvgIpc) is 2.18. The van der Waals surface area contributed by atoms with Crippen LogP contribution in [0.15, 0.2) is 35.2 Å². The number of carbonyl (C=O) groups excluding carboxylic acids is 1. The van der Waals surface area contributed by atoms with Crippen LogP contribution in [0.5, 0.6) is 0 Å². The van der Waals surface area contributed by atoms with Crippen LogP contribution in [0.1, 0.15) is 13.8 Å². The van der Waals surface area contributed by atoms with E-state index in [4.69, 9.17) is 9.47 Å². The van der Waals surface area contributed by atoms with Gasteiger partial charge in [-0.2, -0.15) is 0 Å². The third-order valence-corrected chi connectivity index (χ3v) is 2.32. The van der Waals surface area contributed by atoms with Crippen LogP contribution >= 0.6 is 11.8 Å². The minimum Gasteiger partial charge on any atom is -0.432 e. The Balaban J connectivity index is 2.19. The second-order valence-electron chi connectivity index (χ2n) is 3.14. The number of hydrogen-bond donors (Lipinski definition) is 0. The van der Waals surface area contributed by atoms with Gasteiger partial charge in [0.2, 0.25) is 0 Å². The summed E-state index contributed by atoms with van der Waals surface area (Å²) in [5.41, 5.74) is 0. The van der Waals surface area contributed by atoms with E-state index in [9.17, 15) is 4.79 Å². The number of hydrogen-bond acceptors (Lipinski definition) is 4. The summed E-state index contributed by atoms with van der Waals surface area (Å²) in [5.74, 6) is 0.273. The van der Waals surface area contributed by atoms with Crippen LogP contribution in [0.2, 0.25) is 0 Å². The van der Waals surface area contributed by atoms with Crippen molar-refractivity contribution in [1.29, 1.82) is 0 Å². The second-order valence-corrected chi connectivity index (χ2v) is 4.13. The lowest BCUT2D eigenvalue weighted by atomic mass is 10.4. The Morgan fingerprint density at radius 1 is 1.33 bits per heavy atom. The summed E-state index contributed by atoms with van der Waals surface area (Å²) >= 11 is 1.45. The van der Waals surface area contributed by atoms with E-state index in [1.165, 1.54) is 11.8 Å². The number of benzene rings is 1. The fraction of sp³-hybridized carbons (Fsp3) is 0.364. The molecule has 82 valence electrons. The molecule has 0 atom stereocenters. The molecule has 0 aliphatic carbocycles. The van der Waals surface area contributed by atoms with Crippen molar-refractivity contribution in [1.82, 2.24) is 0 Å². The zero-order chi connectivity index (χ0) is 11.1. The van der Waals surface area contributed by atoms with E-state index in [0.717, 1.165) is 4.90 Å². The standard InChI is InChI=1S/C11H14O3S/c1-9(2)14-11(12)13-8-15-10-6-4-3-5-7-10/h3-7,9H,8H2,1-2H3. The maximum absolute atomic E-state index is 11.0. The highest BCUT2D eigenvalue weighted by molar-refractivity contribution is 7.99. The Labute approximate surface area is 93.8 Å². The SMILES string of the molecule is CC(C)OC(=O)OCSc1ccccc1. The van der Waals surface area contributed by atoms with E-state index in [1.807, 2.05) is 30.3 Å². The summed E-state index contributed by atoms with van der Waals surface area (Å²) < 4.78 is 9.67. The van der Waals surface area contributed by atoms with Crippen LogP contribution in [-0.2, 0) is 9.47 Å². The lowest BCUT2D eigenvalue weighted by Gasteiger charge is -2.07. The van der Waals surface area contributed by atoms with Crippen LogP contribution in [0, 0.1) is 0 Å². The molecule has 0 unspecified atom stereocenters. The van der Waals surface area contributed by atoms with Gasteiger partial charge in [-0.25, -0.2) is 4.79 Å². The fourth-order valence-corrected chi connectivity index (χ4v) is 1.53. The van der Waals surface area contributed by atoms with E-state index >= 15 is 0 Å². The molecule has 3 nitrogen and oxygen atoms in total. The molecule has 1 rings (SSSR count). The van der Waals surface area contributed by atoms with Crippen LogP contribution in [0.3, 0.4) is 0 Å². The largest absolute Gasteiger partial charge is 0.509 e. The van der Waals surface area contributed by atoms with E-state index in [2.05, 4.69) is 0 Å². The van der Waals surface area contributed by atoms with Gasteiger partial charge < -0.3 is 9.47 Å². The molecule has 0 bridgehead atoms. The summed E-state index contributed by atoms with van der Waals surface area (Å²) in [6.07, 6.45) is -0.757. The van der Waals surface area contributed by atoms with Crippen molar-refractivity contribution in [2.45, 2.75) is 24.8 Å². The average molecular weight is 226 g/mol. The van der Waals surface area contributed by atoms with Crippen molar-refractivity contribution in [3.63, 3.8) is 0 Å². The van der Waals surface area contributed by atoms with Crippen LogP contribution in [-0.4, -0.2) is 18.2 Å². The molecule has 0 saturated carbocycles. The molecule has 0 heterocycles. The van der Waals surface area contributed by atoms with E-state index in [-0.39, 0.29) is 12.0 Å². The Kier molecular flexibility index (Phi) is 5.04. The normalized spacial score (nSPS) is 10.1. The highest BCUT2D eigenvalue weighted by Crippen LogP contribution is 2.16. The molecule has 0 N–H and O–H groups in total. The van der Waals surface area contributed by atoms with Gasteiger partial charge in [-0.1, -0.05) is 30.0 Å². The third-order valence-electron chi connectivity index (χ3n) is 1.48. The number of thioether (sulfide) groups is 1. The van der Waals surface area contributed by atoms with Crippen molar-refractivity contribution in [2.75, 3.05) is 5.94 Å². The molecular formula is C11H14O3S. The minimum atomic E-state index is -0.617. The lowest BCUT2D eigenvalue weighted by Crippen LogP contribution is -2.12. The molecule has 0 radical (unpaired) electrons. The van der Waals surface area contributed by atoms with Gasteiger partial charge in [0.25, 0.3) is 0 Å². The molecule has 15 heavy (non-hydrogen) atoms. The van der Waals surface area contributed by atoms with Crippen LogP contribution in [0.25, 0.3) is 0 Å². The molecule has 0 aromatic heterocycles. The van der Waals surface area contributed by atoms with E-state index < -0.39 is 6.16 Å². The monoisotopic (exact) mass is 226 g/mol. The summed E-state index contributed by atoms with van der Waals surface area (Å²) in [5, 5.41) is 0. The van der Waals surface area contributed by atoms with Gasteiger partial charge in [-0.15, -0.1) is 0 Å². The zero-order valence-corrected chi connectivity index (χ0v) is 9.62. The van der Waals surface area contributed by atoms with Gasteiger partial charge in [0.05, 0.1) is 6.10 Å². The fourth-order valence-electron chi connectivity index (χ4n) is 0.889. The molecule has 0 fully saturated rings. The van der Waals surface area contributed by atoms with Crippen molar-refractivity contribution in [3.8, 4) is 0 Å². The molecule has 0 aliphatic rings. The van der Waals surface area contributed by atoms with Gasteiger partial charge in [-0.05, 0) is 26.0 Å². The van der Waals surface area contributed by atoms with Crippen molar-refractivity contribution < 1.29 is 14.3 Å². The molecule has 4 heteroatoms. The molecule has 0 saturated heterocycles. The molecule has 0 spiro atoms. The van der Waals surface area contributed by atoms with Crippen LogP contribution in [0.4, 0.5) is 4.79 Å². The summed E-state index contributed by atoms with van der Waals surface area (Å²) in [7, 11) is 0. The lowest BCUT2D eigenvalue weighted by molar-refractivity contribution is 0.0461. The van der Waals surface area contributed by atoms with E-state index in [0.29, 0.717) is 0 Å². The molecule has 1 aromatic rings. The summed E-state index contributed by atoms with van der Waals surface area (Å²) in [6, 6.07) is 9.74. The zero-order valence-electron chi connectivity index (χ0n) is 8.80. The first kappa shape index (κ1) is 11.9. The quantitative estimate of drug-likeness (QED) is 0.448. The first-order valence-electron chi connectivity index (χ1n) is 4.69. The van der Waals surface area contributed by atoms with Gasteiger partial charge >= 0.3 is 6.16 Å². The predicted octanol–water partition coefficient (Wildman–Crippen LogP) is 3.30. The van der Waals surface area contributed by atoms with Crippen molar-refractivity contribution >= 4 is 17.9 Å².